The summed E-state index contributed by atoms with van der Waals surface area (Å²) in [5.74, 6) is -1.12. The van der Waals surface area contributed by atoms with Gasteiger partial charge in [-0.25, -0.2) is 13.8 Å². The number of H-pyrrole nitrogens is 1. The lowest BCUT2D eigenvalue weighted by molar-refractivity contribution is 0.515. The molecule has 17 heavy (non-hydrogen) atoms. The van der Waals surface area contributed by atoms with Gasteiger partial charge in [-0.15, -0.1) is 11.3 Å². The van der Waals surface area contributed by atoms with Crippen LogP contribution in [-0.2, 0) is 6.42 Å². The number of nitrogens with zero attached hydrogens (tertiary/aromatic N) is 1. The molecule has 0 fully saturated rings. The summed E-state index contributed by atoms with van der Waals surface area (Å²) in [6.07, 6.45) is 0.605. The Balaban J connectivity index is 2.05. The Morgan fingerprint density at radius 2 is 2.12 bits per heavy atom. The maximum Gasteiger partial charge on any atom is 0.186 e. The predicted octanol–water partition coefficient (Wildman–Crippen LogP) is 3.49. The van der Waals surface area contributed by atoms with Crippen LogP contribution in [0.1, 0.15) is 10.7 Å². The molecule has 0 bridgehead atoms. The van der Waals surface area contributed by atoms with Gasteiger partial charge in [0.1, 0.15) is 11.3 Å². The van der Waals surface area contributed by atoms with Crippen molar-refractivity contribution in [2.24, 2.45) is 0 Å². The molecule has 0 spiro atoms. The van der Waals surface area contributed by atoms with Crippen LogP contribution in [0.25, 0.3) is 11.0 Å². The van der Waals surface area contributed by atoms with Crippen molar-refractivity contribution in [1.29, 1.82) is 0 Å². The largest absolute Gasteiger partial charge is 0.342 e. The Hall–Kier alpha value is -1.75. The first-order chi connectivity index (χ1) is 8.24. The van der Waals surface area contributed by atoms with Gasteiger partial charge >= 0.3 is 0 Å². The normalized spacial score (nSPS) is 11.2. The molecule has 0 radical (unpaired) electrons. The molecule has 2 heterocycles. The van der Waals surface area contributed by atoms with Gasteiger partial charge in [0.15, 0.2) is 11.6 Å². The molecule has 0 aliphatic rings. The topological polar surface area (TPSA) is 28.7 Å². The molecule has 1 aromatic carbocycles. The van der Waals surface area contributed by atoms with Crippen LogP contribution in [0.5, 0.6) is 0 Å². The number of benzene rings is 1. The van der Waals surface area contributed by atoms with E-state index in [1.807, 2.05) is 17.5 Å². The number of aromatic amines is 1. The number of thiophene rings is 1. The van der Waals surface area contributed by atoms with Crippen molar-refractivity contribution in [3.05, 3.63) is 52.0 Å². The minimum atomic E-state index is -0.892. The SMILES string of the molecule is Fc1ccc2[nH]c(Cc3cccs3)nc2c1F. The Morgan fingerprint density at radius 1 is 1.24 bits per heavy atom. The molecule has 0 atom stereocenters. The van der Waals surface area contributed by atoms with Crippen molar-refractivity contribution < 1.29 is 8.78 Å². The molecular weight excluding hydrogens is 242 g/mol. The molecule has 2 aromatic heterocycles. The highest BCUT2D eigenvalue weighted by molar-refractivity contribution is 7.09. The van der Waals surface area contributed by atoms with Crippen LogP contribution in [0, 0.1) is 11.6 Å². The molecule has 1 N–H and O–H groups in total. The predicted molar refractivity (Wildman–Crippen MR) is 63.1 cm³/mol. The number of hydrogen-bond acceptors (Lipinski definition) is 2. The third kappa shape index (κ3) is 1.82. The van der Waals surface area contributed by atoms with E-state index in [0.717, 1.165) is 10.9 Å². The van der Waals surface area contributed by atoms with Gasteiger partial charge in [-0.05, 0) is 23.6 Å². The number of fused-ring (bicyclic) bond motifs is 1. The molecule has 0 saturated carbocycles. The second kappa shape index (κ2) is 3.92. The Bertz CT molecular complexity index is 659. The van der Waals surface area contributed by atoms with Crippen LogP contribution in [0.3, 0.4) is 0 Å². The smallest absolute Gasteiger partial charge is 0.186 e. The highest BCUT2D eigenvalue weighted by Crippen LogP contribution is 2.20. The zero-order chi connectivity index (χ0) is 11.8. The lowest BCUT2D eigenvalue weighted by Gasteiger charge is -1.91. The van der Waals surface area contributed by atoms with E-state index in [4.69, 9.17) is 0 Å². The van der Waals surface area contributed by atoms with Gasteiger partial charge in [0.25, 0.3) is 0 Å². The highest BCUT2D eigenvalue weighted by Gasteiger charge is 2.12. The summed E-state index contributed by atoms with van der Waals surface area (Å²) < 4.78 is 26.4. The first kappa shape index (κ1) is 10.4. The summed E-state index contributed by atoms with van der Waals surface area (Å²) in [4.78, 5) is 8.20. The maximum absolute atomic E-state index is 13.4. The molecule has 0 amide bonds. The minimum absolute atomic E-state index is 0.0663. The third-order valence-electron chi connectivity index (χ3n) is 2.52. The molecule has 3 rings (SSSR count). The second-order valence-electron chi connectivity index (χ2n) is 3.70. The summed E-state index contributed by atoms with van der Waals surface area (Å²) in [7, 11) is 0. The van der Waals surface area contributed by atoms with Gasteiger partial charge in [0.05, 0.1) is 5.52 Å². The molecule has 0 aliphatic carbocycles. The van der Waals surface area contributed by atoms with E-state index in [1.54, 1.807) is 11.3 Å². The maximum atomic E-state index is 13.4. The van der Waals surface area contributed by atoms with Crippen LogP contribution in [0.15, 0.2) is 29.6 Å². The summed E-state index contributed by atoms with van der Waals surface area (Å²) in [5, 5.41) is 1.97. The van der Waals surface area contributed by atoms with Crippen LogP contribution >= 0.6 is 11.3 Å². The van der Waals surface area contributed by atoms with Crippen molar-refractivity contribution in [3.63, 3.8) is 0 Å². The third-order valence-corrected chi connectivity index (χ3v) is 3.39. The molecule has 2 nitrogen and oxygen atoms in total. The molecule has 0 unspecified atom stereocenters. The van der Waals surface area contributed by atoms with Crippen molar-refractivity contribution in [2.45, 2.75) is 6.42 Å². The summed E-state index contributed by atoms with van der Waals surface area (Å²) >= 11 is 1.61. The van der Waals surface area contributed by atoms with E-state index in [-0.39, 0.29) is 5.52 Å². The summed E-state index contributed by atoms with van der Waals surface area (Å²) in [6.45, 7) is 0. The van der Waals surface area contributed by atoms with Crippen LogP contribution < -0.4 is 0 Å². The molecule has 86 valence electrons. The van der Waals surface area contributed by atoms with Gasteiger partial charge in [-0.1, -0.05) is 6.07 Å². The number of halogens is 2. The van der Waals surface area contributed by atoms with Crippen molar-refractivity contribution in [1.82, 2.24) is 9.97 Å². The second-order valence-corrected chi connectivity index (χ2v) is 4.73. The zero-order valence-corrected chi connectivity index (χ0v) is 9.52. The van der Waals surface area contributed by atoms with Gasteiger partial charge < -0.3 is 4.98 Å². The molecule has 3 aromatic rings. The molecule has 5 heteroatoms. The Labute approximate surface area is 99.9 Å². The lowest BCUT2D eigenvalue weighted by Crippen LogP contribution is -1.87. The Kier molecular flexibility index (Phi) is 2.40. The standard InChI is InChI=1S/C12H8F2N2S/c13-8-3-4-9-12(11(8)14)16-10(15-9)6-7-2-1-5-17-7/h1-5H,6H2,(H,15,16). The van der Waals surface area contributed by atoms with E-state index in [9.17, 15) is 8.78 Å². The van der Waals surface area contributed by atoms with E-state index in [1.165, 1.54) is 6.07 Å². The van der Waals surface area contributed by atoms with Crippen molar-refractivity contribution >= 4 is 22.4 Å². The minimum Gasteiger partial charge on any atom is -0.342 e. The average Bonchev–Trinajstić information content (AvgIpc) is 2.93. The van der Waals surface area contributed by atoms with E-state index in [0.29, 0.717) is 17.8 Å². The number of aromatic nitrogens is 2. The van der Waals surface area contributed by atoms with Crippen LogP contribution in [0.2, 0.25) is 0 Å². The van der Waals surface area contributed by atoms with E-state index in [2.05, 4.69) is 9.97 Å². The fourth-order valence-electron chi connectivity index (χ4n) is 1.73. The fraction of sp³-hybridized carbons (Fsp3) is 0.0833. The first-order valence-electron chi connectivity index (χ1n) is 5.09. The number of hydrogen-bond donors (Lipinski definition) is 1. The van der Waals surface area contributed by atoms with E-state index >= 15 is 0 Å². The molecule has 0 aliphatic heterocycles. The Morgan fingerprint density at radius 3 is 2.88 bits per heavy atom. The molecule has 0 saturated heterocycles. The summed E-state index contributed by atoms with van der Waals surface area (Å²) in [6, 6.07) is 6.53. The highest BCUT2D eigenvalue weighted by atomic mass is 32.1. The van der Waals surface area contributed by atoms with Crippen molar-refractivity contribution in [2.75, 3.05) is 0 Å². The van der Waals surface area contributed by atoms with E-state index < -0.39 is 11.6 Å². The van der Waals surface area contributed by atoms with Gasteiger partial charge in [-0.3, -0.25) is 0 Å². The monoisotopic (exact) mass is 250 g/mol. The fourth-order valence-corrected chi connectivity index (χ4v) is 2.44. The van der Waals surface area contributed by atoms with Gasteiger partial charge in [0.2, 0.25) is 0 Å². The van der Waals surface area contributed by atoms with Crippen molar-refractivity contribution in [3.8, 4) is 0 Å². The quantitative estimate of drug-likeness (QED) is 0.741. The van der Waals surface area contributed by atoms with Crippen LogP contribution in [0.4, 0.5) is 8.78 Å². The average molecular weight is 250 g/mol. The van der Waals surface area contributed by atoms with Crippen LogP contribution in [-0.4, -0.2) is 9.97 Å². The number of nitrogens with one attached hydrogen (secondary N) is 1. The first-order valence-corrected chi connectivity index (χ1v) is 5.97. The number of rotatable bonds is 2. The lowest BCUT2D eigenvalue weighted by atomic mass is 10.3. The zero-order valence-electron chi connectivity index (χ0n) is 8.71. The molecular formula is C12H8F2N2S. The van der Waals surface area contributed by atoms with Gasteiger partial charge in [0, 0.05) is 11.3 Å². The van der Waals surface area contributed by atoms with Gasteiger partial charge in [-0.2, -0.15) is 0 Å². The summed E-state index contributed by atoms with van der Waals surface area (Å²) in [5.41, 5.74) is 0.590. The number of imidazole rings is 1.